The second-order valence-corrected chi connectivity index (χ2v) is 10.4. The van der Waals surface area contributed by atoms with Crippen LogP contribution in [0, 0.1) is 11.3 Å². The van der Waals surface area contributed by atoms with Gasteiger partial charge in [0.2, 0.25) is 0 Å². The Morgan fingerprint density at radius 2 is 1.86 bits per heavy atom. The normalized spacial score (nSPS) is 13.3. The van der Waals surface area contributed by atoms with Crippen LogP contribution in [0.2, 0.25) is 0 Å². The molecule has 1 saturated heterocycles. The summed E-state index contributed by atoms with van der Waals surface area (Å²) in [5, 5.41) is 13.2. The van der Waals surface area contributed by atoms with Gasteiger partial charge in [0.25, 0.3) is 5.91 Å². The molecule has 9 heteroatoms. The van der Waals surface area contributed by atoms with Gasteiger partial charge < -0.3 is 14.2 Å². The largest absolute Gasteiger partial charge is 0.493 e. The van der Waals surface area contributed by atoms with Gasteiger partial charge in [-0.2, -0.15) is 10.4 Å². The lowest BCUT2D eigenvalue weighted by molar-refractivity contribution is -0.123. The summed E-state index contributed by atoms with van der Waals surface area (Å²) in [4.78, 5) is 12.1. The quantitative estimate of drug-likeness (QED) is 0.292. The Kier molecular flexibility index (Phi) is 9.14. The van der Waals surface area contributed by atoms with Gasteiger partial charge in [0, 0.05) is 17.1 Å². The van der Waals surface area contributed by atoms with E-state index in [1.807, 2.05) is 66.0 Å². The first-order valence-corrected chi connectivity index (χ1v) is 13.3. The monoisotopic (exact) mass is 519 g/mol. The molecule has 0 aliphatic carbocycles. The number of rotatable bonds is 10. The van der Waals surface area contributed by atoms with Gasteiger partial charge in [0.15, 0.2) is 18.1 Å². The molecule has 0 aromatic heterocycles. The number of methoxy groups -OCH3 is 1. The van der Waals surface area contributed by atoms with Gasteiger partial charge in [0.05, 0.1) is 29.5 Å². The minimum Gasteiger partial charge on any atom is -0.493 e. The highest BCUT2D eigenvalue weighted by Crippen LogP contribution is 2.45. The molecule has 4 rings (SSSR count). The van der Waals surface area contributed by atoms with E-state index in [1.54, 1.807) is 31.4 Å². The summed E-state index contributed by atoms with van der Waals surface area (Å²) in [6.45, 7) is 0.106. The third-order valence-electron chi connectivity index (χ3n) is 5.26. The minimum atomic E-state index is -0.361. The molecule has 1 fully saturated rings. The molecular formula is C27H25N3O4S2. The fourth-order valence-corrected chi connectivity index (χ4v) is 6.29. The van der Waals surface area contributed by atoms with E-state index in [2.05, 4.69) is 16.6 Å². The van der Waals surface area contributed by atoms with E-state index >= 15 is 0 Å². The second-order valence-electron chi connectivity index (χ2n) is 7.69. The topological polar surface area (TPSA) is 92.9 Å². The molecule has 1 aliphatic rings. The lowest BCUT2D eigenvalue weighted by Gasteiger charge is -2.12. The van der Waals surface area contributed by atoms with Crippen molar-refractivity contribution in [3.05, 3.63) is 89.0 Å². The maximum atomic E-state index is 12.1. The highest BCUT2D eigenvalue weighted by atomic mass is 32.2. The summed E-state index contributed by atoms with van der Waals surface area (Å²) in [5.41, 5.74) is 5.81. The Bertz CT molecular complexity index is 1250. The van der Waals surface area contributed by atoms with Crippen LogP contribution in [-0.2, 0) is 11.4 Å². The molecule has 0 atom stereocenters. The van der Waals surface area contributed by atoms with Gasteiger partial charge in [-0.15, -0.1) is 23.5 Å². The van der Waals surface area contributed by atoms with Gasteiger partial charge >= 0.3 is 0 Å². The zero-order valence-corrected chi connectivity index (χ0v) is 21.3. The Morgan fingerprint density at radius 3 is 2.61 bits per heavy atom. The number of hydrogen-bond acceptors (Lipinski definition) is 8. The number of thioether (sulfide) groups is 2. The van der Waals surface area contributed by atoms with Gasteiger partial charge in [0.1, 0.15) is 12.4 Å². The Labute approximate surface area is 218 Å². The SMILES string of the molecule is COc1cc(/C=N\NC(=O)COc2ccc(C3SCCS3)cc2)ccc1OCc1ccccc1C#N. The van der Waals surface area contributed by atoms with Crippen molar-refractivity contribution < 1.29 is 19.0 Å². The molecule has 1 amide bonds. The molecule has 0 unspecified atom stereocenters. The maximum Gasteiger partial charge on any atom is 0.277 e. The summed E-state index contributed by atoms with van der Waals surface area (Å²) < 4.78 is 17.3. The van der Waals surface area contributed by atoms with E-state index < -0.39 is 0 Å². The number of nitrogens with zero attached hydrogens (tertiary/aromatic N) is 2. The maximum absolute atomic E-state index is 12.1. The van der Waals surface area contributed by atoms with Crippen molar-refractivity contribution in [1.82, 2.24) is 5.43 Å². The lowest BCUT2D eigenvalue weighted by Crippen LogP contribution is -2.24. The van der Waals surface area contributed by atoms with Gasteiger partial charge in [-0.25, -0.2) is 5.43 Å². The molecule has 1 N–H and O–H groups in total. The molecule has 36 heavy (non-hydrogen) atoms. The molecular weight excluding hydrogens is 494 g/mol. The average Bonchev–Trinajstić information content (AvgIpc) is 3.46. The van der Waals surface area contributed by atoms with Crippen LogP contribution < -0.4 is 19.6 Å². The number of nitrogens with one attached hydrogen (secondary N) is 1. The molecule has 1 aliphatic heterocycles. The van der Waals surface area contributed by atoms with Crippen LogP contribution in [0.3, 0.4) is 0 Å². The van der Waals surface area contributed by atoms with E-state index in [0.717, 1.165) is 11.1 Å². The highest BCUT2D eigenvalue weighted by Gasteiger charge is 2.18. The molecule has 1 heterocycles. The van der Waals surface area contributed by atoms with Crippen molar-refractivity contribution in [2.45, 2.75) is 11.2 Å². The first-order chi connectivity index (χ1) is 17.7. The second kappa shape index (κ2) is 12.9. The van der Waals surface area contributed by atoms with Crippen LogP contribution in [0.1, 0.15) is 26.8 Å². The highest BCUT2D eigenvalue weighted by molar-refractivity contribution is 8.19. The van der Waals surface area contributed by atoms with E-state index in [-0.39, 0.29) is 19.1 Å². The molecule has 184 valence electrons. The van der Waals surface area contributed by atoms with Gasteiger partial charge in [-0.05, 0) is 47.5 Å². The fraction of sp³-hybridized carbons (Fsp3) is 0.222. The summed E-state index contributed by atoms with van der Waals surface area (Å²) in [6, 6.07) is 22.6. The minimum absolute atomic E-state index is 0.135. The van der Waals surface area contributed by atoms with Crippen LogP contribution >= 0.6 is 23.5 Å². The molecule has 0 saturated carbocycles. The Morgan fingerprint density at radius 1 is 1.08 bits per heavy atom. The van der Waals surface area contributed by atoms with Crippen molar-refractivity contribution in [3.63, 3.8) is 0 Å². The van der Waals surface area contributed by atoms with E-state index in [0.29, 0.717) is 27.4 Å². The van der Waals surface area contributed by atoms with Crippen LogP contribution in [0.5, 0.6) is 17.2 Å². The van der Waals surface area contributed by atoms with Crippen molar-refractivity contribution >= 4 is 35.6 Å². The van der Waals surface area contributed by atoms with Crippen molar-refractivity contribution in [1.29, 1.82) is 5.26 Å². The van der Waals surface area contributed by atoms with Crippen LogP contribution in [-0.4, -0.2) is 37.3 Å². The number of benzene rings is 3. The number of ether oxygens (including phenoxy) is 3. The Balaban J connectivity index is 1.26. The standard InChI is InChI=1S/C27H25N3O4S2/c1-32-25-14-19(6-11-24(25)34-17-22-5-3-2-4-21(22)15-28)16-29-30-26(31)18-33-23-9-7-20(8-10-23)27-35-12-13-36-27/h2-11,14,16,27H,12-13,17-18H2,1H3,(H,30,31)/b29-16-. The predicted molar refractivity (Wildman–Crippen MR) is 144 cm³/mol. The summed E-state index contributed by atoms with van der Waals surface area (Å²) in [6.07, 6.45) is 1.51. The number of carbonyl (C=O) groups is 1. The number of hydrazone groups is 1. The zero-order valence-electron chi connectivity index (χ0n) is 19.7. The molecule has 0 bridgehead atoms. The average molecular weight is 520 g/mol. The van der Waals surface area contributed by atoms with Crippen LogP contribution in [0.4, 0.5) is 0 Å². The fourth-order valence-electron chi connectivity index (χ4n) is 3.43. The predicted octanol–water partition coefficient (Wildman–Crippen LogP) is 5.15. The van der Waals surface area contributed by atoms with Gasteiger partial charge in [-0.3, -0.25) is 4.79 Å². The molecule has 0 spiro atoms. The summed E-state index contributed by atoms with van der Waals surface area (Å²) >= 11 is 3.90. The van der Waals surface area contributed by atoms with Crippen LogP contribution in [0.15, 0.2) is 71.8 Å². The van der Waals surface area contributed by atoms with E-state index in [4.69, 9.17) is 14.2 Å². The lowest BCUT2D eigenvalue weighted by atomic mass is 10.1. The number of hydrogen-bond donors (Lipinski definition) is 1. The number of amides is 1. The van der Waals surface area contributed by atoms with Gasteiger partial charge in [-0.1, -0.05) is 30.3 Å². The summed E-state index contributed by atoms with van der Waals surface area (Å²) in [5.74, 6) is 3.69. The van der Waals surface area contributed by atoms with Crippen molar-refractivity contribution in [3.8, 4) is 23.3 Å². The molecule has 7 nitrogen and oxygen atoms in total. The first kappa shape index (κ1) is 25.5. The molecule has 0 radical (unpaired) electrons. The third kappa shape index (κ3) is 6.97. The molecule has 3 aromatic carbocycles. The van der Waals surface area contributed by atoms with E-state index in [1.165, 1.54) is 23.3 Å². The zero-order chi connectivity index (χ0) is 25.2. The first-order valence-electron chi connectivity index (χ1n) is 11.2. The smallest absolute Gasteiger partial charge is 0.277 e. The molecule has 3 aromatic rings. The number of carbonyl (C=O) groups excluding carboxylic acids is 1. The third-order valence-corrected chi connectivity index (χ3v) is 8.36. The van der Waals surface area contributed by atoms with Crippen LogP contribution in [0.25, 0.3) is 0 Å². The Hall–Kier alpha value is -3.61. The number of nitriles is 1. The van der Waals surface area contributed by atoms with Crippen molar-refractivity contribution in [2.75, 3.05) is 25.2 Å². The van der Waals surface area contributed by atoms with Crippen molar-refractivity contribution in [2.24, 2.45) is 5.10 Å². The summed E-state index contributed by atoms with van der Waals surface area (Å²) in [7, 11) is 1.55. The van der Waals surface area contributed by atoms with E-state index in [9.17, 15) is 10.1 Å².